The van der Waals surface area contributed by atoms with E-state index in [2.05, 4.69) is 4.98 Å². The average molecular weight is 116 g/mol. The summed E-state index contributed by atoms with van der Waals surface area (Å²) in [5.41, 5.74) is 0. The van der Waals surface area contributed by atoms with Crippen LogP contribution in [-0.4, -0.2) is 4.98 Å². The second kappa shape index (κ2) is 1.94. The summed E-state index contributed by atoms with van der Waals surface area (Å²) in [6, 6.07) is 2.78. The van der Waals surface area contributed by atoms with Crippen LogP contribution in [0, 0.1) is 0 Å². The van der Waals surface area contributed by atoms with E-state index in [1.165, 1.54) is 12.1 Å². The molecule has 7 heavy (non-hydrogen) atoms. The third-order valence-electron chi connectivity index (χ3n) is 0.534. The van der Waals surface area contributed by atoms with Crippen LogP contribution in [0.2, 0.25) is 5.02 Å². The van der Waals surface area contributed by atoms with Gasteiger partial charge in [-0.25, -0.2) is 0 Å². The number of pyridine rings is 1. The summed E-state index contributed by atoms with van der Waals surface area (Å²) < 4.78 is 13.9. The Kier molecular flexibility index (Phi) is 0.740. The molecule has 1 nitrogen and oxygen atoms in total. The van der Waals surface area contributed by atoms with Gasteiger partial charge in [-0.2, -0.15) is 0 Å². The predicted octanol–water partition coefficient (Wildman–Crippen LogP) is 1.73. The number of aromatic nitrogens is 1. The minimum atomic E-state index is 0.0347. The minimum Gasteiger partial charge on any atom is -0.265 e. The first-order valence-corrected chi connectivity index (χ1v) is 2.17. The smallest absolute Gasteiger partial charge is 0.0840 e. The molecule has 0 amide bonds. The van der Waals surface area contributed by atoms with Crippen molar-refractivity contribution in [3.05, 3.63) is 29.5 Å². The van der Waals surface area contributed by atoms with E-state index in [4.69, 9.17) is 14.3 Å². The molecular weight excluding hydrogens is 110 g/mol. The number of nitrogens with zero attached hydrogens (tertiary/aromatic N) is 1. The van der Waals surface area contributed by atoms with Crippen molar-refractivity contribution in [2.24, 2.45) is 0 Å². The summed E-state index contributed by atoms with van der Waals surface area (Å²) in [5.74, 6) is 0. The molecule has 36 valence electrons. The van der Waals surface area contributed by atoms with Crippen LogP contribution >= 0.6 is 11.6 Å². The summed E-state index contributed by atoms with van der Waals surface area (Å²) in [4.78, 5) is 3.48. The van der Waals surface area contributed by atoms with Gasteiger partial charge >= 0.3 is 0 Å². The molecule has 1 rings (SSSR count). The third kappa shape index (κ3) is 1.16. The number of rotatable bonds is 0. The van der Waals surface area contributed by atoms with Crippen molar-refractivity contribution in [3.8, 4) is 0 Å². The van der Waals surface area contributed by atoms with Gasteiger partial charge in [-0.1, -0.05) is 11.6 Å². The fourth-order valence-electron chi connectivity index (χ4n) is 0.267. The molecule has 0 aliphatic heterocycles. The van der Waals surface area contributed by atoms with Gasteiger partial charge in [0.1, 0.15) is 0 Å². The van der Waals surface area contributed by atoms with Crippen LogP contribution < -0.4 is 0 Å². The van der Waals surface area contributed by atoms with Gasteiger partial charge in [0.25, 0.3) is 0 Å². The lowest BCUT2D eigenvalue weighted by Crippen LogP contribution is -1.63. The van der Waals surface area contributed by atoms with E-state index in [1.54, 1.807) is 0 Å². The molecule has 0 N–H and O–H groups in total. The normalized spacial score (nSPS) is 12.7. The van der Waals surface area contributed by atoms with Crippen LogP contribution in [0.4, 0.5) is 0 Å². The molecule has 0 aliphatic carbocycles. The molecule has 0 aliphatic rings. The molecule has 1 aromatic heterocycles. The van der Waals surface area contributed by atoms with Crippen LogP contribution in [0.5, 0.6) is 0 Å². The fourth-order valence-corrected chi connectivity index (χ4v) is 0.364. The van der Waals surface area contributed by atoms with Crippen LogP contribution in [0.15, 0.2) is 24.5 Å². The number of hydrogen-bond donors (Lipinski definition) is 0. The maximum Gasteiger partial charge on any atom is 0.0840 e. The van der Waals surface area contributed by atoms with Gasteiger partial charge in [-0.3, -0.25) is 4.98 Å². The van der Waals surface area contributed by atoms with Crippen molar-refractivity contribution < 1.29 is 2.74 Å². The van der Waals surface area contributed by atoms with Gasteiger partial charge in [-0.15, -0.1) is 0 Å². The van der Waals surface area contributed by atoms with E-state index >= 15 is 0 Å². The summed E-state index contributed by atoms with van der Waals surface area (Å²) >= 11 is 5.47. The molecule has 0 radical (unpaired) electrons. The van der Waals surface area contributed by atoms with Crippen LogP contribution in [-0.2, 0) is 0 Å². The zero-order chi connectivity index (χ0) is 6.85. The van der Waals surface area contributed by atoms with Crippen molar-refractivity contribution in [2.45, 2.75) is 0 Å². The molecule has 0 spiro atoms. The molecule has 0 aromatic carbocycles. The molecule has 0 saturated heterocycles. The Bertz CT molecular complexity index is 176. The highest BCUT2D eigenvalue weighted by Gasteiger charge is 1.75. The number of hydrogen-bond acceptors (Lipinski definition) is 1. The second-order valence-electron chi connectivity index (χ2n) is 1.04. The Morgan fingerprint density at radius 2 is 2.14 bits per heavy atom. The second-order valence-corrected chi connectivity index (χ2v) is 1.48. The molecule has 0 fully saturated rings. The first kappa shape index (κ1) is 2.68. The van der Waals surface area contributed by atoms with Gasteiger partial charge in [0.2, 0.25) is 0 Å². The molecule has 1 heterocycles. The Hall–Kier alpha value is -0.560. The van der Waals surface area contributed by atoms with Crippen molar-refractivity contribution in [2.75, 3.05) is 0 Å². The molecule has 2 heteroatoms. The van der Waals surface area contributed by atoms with Crippen molar-refractivity contribution >= 4 is 11.6 Å². The standard InChI is InChI=1S/C5H4ClN/c6-5-1-3-7-4-2-5/h1-4H/i3D,4D. The largest absolute Gasteiger partial charge is 0.265 e. The van der Waals surface area contributed by atoms with Gasteiger partial charge in [0.05, 0.1) is 2.74 Å². The monoisotopic (exact) mass is 115 g/mol. The van der Waals surface area contributed by atoms with Crippen LogP contribution in [0.1, 0.15) is 2.74 Å². The topological polar surface area (TPSA) is 12.9 Å². The van der Waals surface area contributed by atoms with E-state index in [0.717, 1.165) is 0 Å². The fraction of sp³-hybridized carbons (Fsp3) is 0. The van der Waals surface area contributed by atoms with E-state index in [0.29, 0.717) is 5.02 Å². The SMILES string of the molecule is [2H]c1cc(Cl)cc([2H])n1. The van der Waals surface area contributed by atoms with Gasteiger partial charge in [0.15, 0.2) is 0 Å². The molecule has 0 atom stereocenters. The van der Waals surface area contributed by atoms with Gasteiger partial charge in [0, 0.05) is 17.4 Å². The van der Waals surface area contributed by atoms with Gasteiger partial charge in [-0.05, 0) is 12.1 Å². The first-order valence-electron chi connectivity index (χ1n) is 2.79. The van der Waals surface area contributed by atoms with Crippen LogP contribution in [0.25, 0.3) is 0 Å². The molecule has 0 saturated carbocycles. The summed E-state index contributed by atoms with van der Waals surface area (Å²) in [6.07, 6.45) is 0.0694. The maximum atomic E-state index is 6.96. The maximum absolute atomic E-state index is 6.96. The highest BCUT2D eigenvalue weighted by atomic mass is 35.5. The third-order valence-corrected chi connectivity index (χ3v) is 0.752. The molecule has 1 aromatic rings. The van der Waals surface area contributed by atoms with E-state index < -0.39 is 0 Å². The molecule has 0 bridgehead atoms. The molecule has 0 unspecified atom stereocenters. The average Bonchev–Trinajstić information content (AvgIpc) is 1.59. The van der Waals surface area contributed by atoms with E-state index in [1.807, 2.05) is 0 Å². The highest BCUT2D eigenvalue weighted by molar-refractivity contribution is 6.30. The lowest BCUT2D eigenvalue weighted by molar-refractivity contribution is 1.33. The Balaban J connectivity index is 3.17. The lowest BCUT2D eigenvalue weighted by Gasteiger charge is -1.79. The minimum absolute atomic E-state index is 0.0347. The summed E-state index contributed by atoms with van der Waals surface area (Å²) in [5, 5.41) is 0.389. The van der Waals surface area contributed by atoms with Crippen LogP contribution in [0.3, 0.4) is 0 Å². The zero-order valence-corrected chi connectivity index (χ0v) is 4.24. The van der Waals surface area contributed by atoms with Crippen molar-refractivity contribution in [1.29, 1.82) is 0 Å². The number of halogens is 1. The Labute approximate surface area is 49.8 Å². The summed E-state index contributed by atoms with van der Waals surface area (Å²) in [6.45, 7) is 0. The Morgan fingerprint density at radius 3 is 2.57 bits per heavy atom. The summed E-state index contributed by atoms with van der Waals surface area (Å²) in [7, 11) is 0. The van der Waals surface area contributed by atoms with Gasteiger partial charge < -0.3 is 0 Å². The Morgan fingerprint density at radius 1 is 1.57 bits per heavy atom. The van der Waals surface area contributed by atoms with E-state index in [-0.39, 0.29) is 12.3 Å². The first-order chi connectivity index (χ1) is 4.18. The van der Waals surface area contributed by atoms with E-state index in [9.17, 15) is 0 Å². The predicted molar refractivity (Wildman–Crippen MR) is 29.2 cm³/mol. The lowest BCUT2D eigenvalue weighted by atomic mass is 10.5. The molecular formula is C5H4ClN. The highest BCUT2D eigenvalue weighted by Crippen LogP contribution is 2.01. The zero-order valence-electron chi connectivity index (χ0n) is 5.48. The van der Waals surface area contributed by atoms with Crippen molar-refractivity contribution in [1.82, 2.24) is 4.98 Å². The van der Waals surface area contributed by atoms with Crippen molar-refractivity contribution in [3.63, 3.8) is 0 Å². The quantitative estimate of drug-likeness (QED) is 0.502.